The zero-order valence-electron chi connectivity index (χ0n) is 11.7. The highest BCUT2D eigenvalue weighted by molar-refractivity contribution is 9.10. The highest BCUT2D eigenvalue weighted by atomic mass is 79.9. The van der Waals surface area contributed by atoms with E-state index in [-0.39, 0.29) is 5.91 Å². The third kappa shape index (κ3) is 2.60. The van der Waals surface area contributed by atoms with Crippen LogP contribution >= 0.6 is 31.9 Å². The highest BCUT2D eigenvalue weighted by Crippen LogP contribution is 2.32. The molecule has 0 bridgehead atoms. The molecule has 5 heteroatoms. The van der Waals surface area contributed by atoms with Gasteiger partial charge in [0.15, 0.2) is 0 Å². The lowest BCUT2D eigenvalue weighted by atomic mass is 10.2. The van der Waals surface area contributed by atoms with Crippen LogP contribution in [0.1, 0.15) is 0 Å². The molecule has 3 aromatic rings. The van der Waals surface area contributed by atoms with Crippen molar-refractivity contribution in [3.05, 3.63) is 45.3 Å². The maximum atomic E-state index is 12.1. The molecule has 0 saturated carbocycles. The van der Waals surface area contributed by atoms with E-state index in [0.29, 0.717) is 6.54 Å². The predicted octanol–water partition coefficient (Wildman–Crippen LogP) is 4.41. The molecule has 1 aromatic heterocycles. The maximum absolute atomic E-state index is 12.1. The summed E-state index contributed by atoms with van der Waals surface area (Å²) in [7, 11) is 3.56. The van der Waals surface area contributed by atoms with Crippen LogP contribution in [0.3, 0.4) is 0 Å². The minimum absolute atomic E-state index is 0.0775. The third-order valence-corrected chi connectivity index (χ3v) is 4.57. The first-order valence-electron chi connectivity index (χ1n) is 6.54. The van der Waals surface area contributed by atoms with Crippen LogP contribution in [0.5, 0.6) is 0 Å². The van der Waals surface area contributed by atoms with Crippen molar-refractivity contribution in [1.29, 1.82) is 0 Å². The molecule has 0 saturated heterocycles. The SMILES string of the molecule is CN(C)C(=O)Cn1c2cc(Br)ccc2c2ccc(Br)cc21. The lowest BCUT2D eigenvalue weighted by Crippen LogP contribution is -2.26. The van der Waals surface area contributed by atoms with E-state index in [4.69, 9.17) is 0 Å². The van der Waals surface area contributed by atoms with Crippen LogP contribution in [0.15, 0.2) is 45.3 Å². The summed E-state index contributed by atoms with van der Waals surface area (Å²) >= 11 is 7.03. The first-order valence-corrected chi connectivity index (χ1v) is 8.13. The van der Waals surface area contributed by atoms with E-state index in [9.17, 15) is 4.79 Å². The Balaban J connectivity index is 2.33. The smallest absolute Gasteiger partial charge is 0.242 e. The molecule has 2 aromatic carbocycles. The van der Waals surface area contributed by atoms with Crippen molar-refractivity contribution in [1.82, 2.24) is 9.47 Å². The largest absolute Gasteiger partial charge is 0.347 e. The van der Waals surface area contributed by atoms with Crippen LogP contribution in [-0.2, 0) is 11.3 Å². The second-order valence-electron chi connectivity index (χ2n) is 5.20. The normalized spacial score (nSPS) is 11.2. The number of fused-ring (bicyclic) bond motifs is 3. The molecular weight excluding hydrogens is 396 g/mol. The topological polar surface area (TPSA) is 25.2 Å². The number of carbonyl (C=O) groups is 1. The van der Waals surface area contributed by atoms with E-state index in [1.807, 2.05) is 12.1 Å². The molecule has 3 nitrogen and oxygen atoms in total. The Labute approximate surface area is 139 Å². The molecule has 0 fully saturated rings. The van der Waals surface area contributed by atoms with E-state index in [1.165, 1.54) is 0 Å². The maximum Gasteiger partial charge on any atom is 0.242 e. The summed E-state index contributed by atoms with van der Waals surface area (Å²) in [6, 6.07) is 12.4. The highest BCUT2D eigenvalue weighted by Gasteiger charge is 2.14. The molecule has 1 amide bonds. The van der Waals surface area contributed by atoms with Gasteiger partial charge in [0.25, 0.3) is 0 Å². The molecular formula is C16H14Br2N2O. The van der Waals surface area contributed by atoms with Gasteiger partial charge in [-0.15, -0.1) is 0 Å². The predicted molar refractivity (Wildman–Crippen MR) is 93.5 cm³/mol. The van der Waals surface area contributed by atoms with E-state index in [0.717, 1.165) is 30.8 Å². The van der Waals surface area contributed by atoms with Crippen LogP contribution < -0.4 is 0 Å². The van der Waals surface area contributed by atoms with Crippen molar-refractivity contribution in [2.24, 2.45) is 0 Å². The number of benzene rings is 2. The van der Waals surface area contributed by atoms with Gasteiger partial charge in [-0.3, -0.25) is 4.79 Å². The molecule has 3 rings (SSSR count). The van der Waals surface area contributed by atoms with Crippen molar-refractivity contribution in [3.63, 3.8) is 0 Å². The molecule has 0 aliphatic heterocycles. The van der Waals surface area contributed by atoms with Crippen molar-refractivity contribution in [3.8, 4) is 0 Å². The number of hydrogen-bond donors (Lipinski definition) is 0. The number of amides is 1. The lowest BCUT2D eigenvalue weighted by molar-refractivity contribution is -0.129. The summed E-state index contributed by atoms with van der Waals surface area (Å²) in [4.78, 5) is 13.8. The number of hydrogen-bond acceptors (Lipinski definition) is 1. The quantitative estimate of drug-likeness (QED) is 0.615. The molecule has 0 aliphatic carbocycles. The van der Waals surface area contributed by atoms with E-state index >= 15 is 0 Å². The number of rotatable bonds is 2. The Bertz CT molecular complexity index is 793. The molecule has 108 valence electrons. The monoisotopic (exact) mass is 408 g/mol. The fourth-order valence-corrected chi connectivity index (χ4v) is 3.19. The Morgan fingerprint density at radius 3 is 1.90 bits per heavy atom. The second kappa shape index (κ2) is 5.46. The molecule has 1 heterocycles. The van der Waals surface area contributed by atoms with Gasteiger partial charge >= 0.3 is 0 Å². The second-order valence-corrected chi connectivity index (χ2v) is 7.03. The van der Waals surface area contributed by atoms with Gasteiger partial charge in [-0.1, -0.05) is 44.0 Å². The molecule has 0 aliphatic rings. The van der Waals surface area contributed by atoms with Crippen molar-refractivity contribution >= 4 is 59.6 Å². The summed E-state index contributed by atoms with van der Waals surface area (Å²) in [5.74, 6) is 0.0775. The summed E-state index contributed by atoms with van der Waals surface area (Å²) in [6.45, 7) is 0.333. The fourth-order valence-electron chi connectivity index (χ4n) is 2.49. The van der Waals surface area contributed by atoms with E-state index < -0.39 is 0 Å². The van der Waals surface area contributed by atoms with Gasteiger partial charge in [0.2, 0.25) is 5.91 Å². The Morgan fingerprint density at radius 2 is 1.48 bits per heavy atom. The van der Waals surface area contributed by atoms with Crippen LogP contribution in [0.25, 0.3) is 21.8 Å². The zero-order chi connectivity index (χ0) is 15.1. The molecule has 0 N–H and O–H groups in total. The number of nitrogens with zero attached hydrogens (tertiary/aromatic N) is 2. The van der Waals surface area contributed by atoms with Gasteiger partial charge in [-0.05, 0) is 24.3 Å². The van der Waals surface area contributed by atoms with Crippen molar-refractivity contribution in [2.75, 3.05) is 14.1 Å². The zero-order valence-corrected chi connectivity index (χ0v) is 14.9. The minimum Gasteiger partial charge on any atom is -0.347 e. The van der Waals surface area contributed by atoms with Gasteiger partial charge in [-0.2, -0.15) is 0 Å². The minimum atomic E-state index is 0.0775. The van der Waals surface area contributed by atoms with Gasteiger partial charge in [0, 0.05) is 33.8 Å². The Kier molecular flexibility index (Phi) is 3.80. The van der Waals surface area contributed by atoms with Crippen LogP contribution in [0, 0.1) is 0 Å². The first kappa shape index (κ1) is 14.6. The van der Waals surface area contributed by atoms with E-state index in [2.05, 4.69) is 60.7 Å². The van der Waals surface area contributed by atoms with Gasteiger partial charge < -0.3 is 9.47 Å². The van der Waals surface area contributed by atoms with Crippen molar-refractivity contribution < 1.29 is 4.79 Å². The first-order chi connectivity index (χ1) is 9.97. The van der Waals surface area contributed by atoms with Gasteiger partial charge in [0.05, 0.1) is 11.0 Å². The van der Waals surface area contributed by atoms with Gasteiger partial charge in [-0.25, -0.2) is 0 Å². The number of likely N-dealkylation sites (N-methyl/N-ethyl adjacent to an activating group) is 1. The molecule has 0 atom stereocenters. The summed E-state index contributed by atoms with van der Waals surface area (Å²) in [6.07, 6.45) is 0. The van der Waals surface area contributed by atoms with E-state index in [1.54, 1.807) is 19.0 Å². The standard InChI is InChI=1S/C16H14Br2N2O/c1-19(2)16(21)9-20-14-7-10(17)3-5-12(14)13-6-4-11(18)8-15(13)20/h3-8H,9H2,1-2H3. The number of carbonyl (C=O) groups excluding carboxylic acids is 1. The molecule has 21 heavy (non-hydrogen) atoms. The Morgan fingerprint density at radius 1 is 1.00 bits per heavy atom. The number of aromatic nitrogens is 1. The Hall–Kier alpha value is -1.33. The molecule has 0 radical (unpaired) electrons. The average molecular weight is 410 g/mol. The summed E-state index contributed by atoms with van der Waals surface area (Å²) in [5.41, 5.74) is 2.13. The fraction of sp³-hybridized carbons (Fsp3) is 0.188. The summed E-state index contributed by atoms with van der Waals surface area (Å²) < 4.78 is 4.09. The average Bonchev–Trinajstić information content (AvgIpc) is 2.72. The summed E-state index contributed by atoms with van der Waals surface area (Å²) in [5, 5.41) is 2.32. The molecule has 0 unspecified atom stereocenters. The molecule has 0 spiro atoms. The van der Waals surface area contributed by atoms with Crippen LogP contribution in [0.4, 0.5) is 0 Å². The lowest BCUT2D eigenvalue weighted by Gasteiger charge is -2.13. The van der Waals surface area contributed by atoms with Crippen molar-refractivity contribution in [2.45, 2.75) is 6.54 Å². The third-order valence-electron chi connectivity index (χ3n) is 3.58. The van der Waals surface area contributed by atoms with Gasteiger partial charge in [0.1, 0.15) is 6.54 Å². The van der Waals surface area contributed by atoms with Crippen LogP contribution in [-0.4, -0.2) is 29.5 Å². The van der Waals surface area contributed by atoms with Crippen LogP contribution in [0.2, 0.25) is 0 Å². The number of halogens is 2.